The smallest absolute Gasteiger partial charge is 0.400 e. The van der Waals surface area contributed by atoms with E-state index >= 15 is 0 Å². The second-order valence-corrected chi connectivity index (χ2v) is 6.54. The fourth-order valence-electron chi connectivity index (χ4n) is 1.94. The van der Waals surface area contributed by atoms with Crippen molar-refractivity contribution in [3.8, 4) is 0 Å². The largest absolute Gasteiger partial charge is 0.487 e. The van der Waals surface area contributed by atoms with Crippen molar-refractivity contribution in [1.82, 2.24) is 0 Å². The van der Waals surface area contributed by atoms with Gasteiger partial charge in [-0.15, -0.1) is 0 Å². The van der Waals surface area contributed by atoms with Gasteiger partial charge in [0.05, 0.1) is 11.2 Å². The van der Waals surface area contributed by atoms with Crippen LogP contribution in [0.3, 0.4) is 0 Å². The van der Waals surface area contributed by atoms with E-state index in [4.69, 9.17) is 9.31 Å². The molecule has 1 saturated heterocycles. The summed E-state index contributed by atoms with van der Waals surface area (Å²) in [6.45, 7) is 12.9. The van der Waals surface area contributed by atoms with Crippen LogP contribution < -0.4 is 0 Å². The third-order valence-electron chi connectivity index (χ3n) is 4.61. The number of allylic oxidation sites excluding steroid dienone is 1. The quantitative estimate of drug-likeness (QED) is 0.667. The van der Waals surface area contributed by atoms with Crippen molar-refractivity contribution in [3.05, 3.63) is 11.5 Å². The Balaban J connectivity index is 2.10. The molecule has 0 N–H and O–H groups in total. The van der Waals surface area contributed by atoms with Crippen molar-refractivity contribution in [2.24, 2.45) is 5.41 Å². The Hall–Kier alpha value is -0.275. The minimum atomic E-state index is -0.223. The predicted octanol–water partition coefficient (Wildman–Crippen LogP) is 3.36. The molecule has 0 aromatic carbocycles. The molecule has 0 aromatic heterocycles. The first-order valence-corrected chi connectivity index (χ1v) is 6.21. The summed E-state index contributed by atoms with van der Waals surface area (Å²) in [4.78, 5) is 0. The van der Waals surface area contributed by atoms with Crippen molar-refractivity contribution in [2.75, 3.05) is 0 Å². The van der Waals surface area contributed by atoms with Gasteiger partial charge in [-0.25, -0.2) is 0 Å². The van der Waals surface area contributed by atoms with Gasteiger partial charge in [-0.2, -0.15) is 0 Å². The second kappa shape index (κ2) is 3.36. The molecule has 0 spiro atoms. The fraction of sp³-hybridized carbons (Fsp3) is 0.846. The summed E-state index contributed by atoms with van der Waals surface area (Å²) in [5, 5.41) is 0. The highest BCUT2D eigenvalue weighted by Gasteiger charge is 2.51. The summed E-state index contributed by atoms with van der Waals surface area (Å²) in [7, 11) is -0.178. The molecule has 3 heteroatoms. The lowest BCUT2D eigenvalue weighted by molar-refractivity contribution is 0.00578. The van der Waals surface area contributed by atoms with Crippen LogP contribution in [0.1, 0.15) is 54.4 Å². The molecule has 0 atom stereocenters. The Bertz CT molecular complexity index is 311. The summed E-state index contributed by atoms with van der Waals surface area (Å²) in [5.74, 6) is 2.16. The topological polar surface area (TPSA) is 18.5 Å². The number of hydrogen-bond donors (Lipinski definition) is 0. The fourth-order valence-corrected chi connectivity index (χ4v) is 1.94. The van der Waals surface area contributed by atoms with Gasteiger partial charge in [-0.3, -0.25) is 0 Å². The Labute approximate surface area is 99.5 Å². The van der Waals surface area contributed by atoms with Gasteiger partial charge in [0.1, 0.15) is 0 Å². The molecule has 2 aliphatic rings. The van der Waals surface area contributed by atoms with E-state index < -0.39 is 0 Å². The van der Waals surface area contributed by atoms with E-state index in [-0.39, 0.29) is 18.3 Å². The average molecular weight is 222 g/mol. The molecule has 0 radical (unpaired) electrons. The van der Waals surface area contributed by atoms with Gasteiger partial charge in [-0.1, -0.05) is 18.5 Å². The van der Waals surface area contributed by atoms with E-state index in [0.29, 0.717) is 5.41 Å². The van der Waals surface area contributed by atoms with Gasteiger partial charge in [0.25, 0.3) is 0 Å². The Kier molecular flexibility index (Phi) is 2.56. The van der Waals surface area contributed by atoms with Crippen LogP contribution in [0.15, 0.2) is 11.5 Å². The van der Waals surface area contributed by atoms with Crippen LogP contribution in [0, 0.1) is 5.41 Å². The van der Waals surface area contributed by atoms with E-state index in [9.17, 15) is 0 Å². The Morgan fingerprint density at radius 1 is 1.00 bits per heavy atom. The van der Waals surface area contributed by atoms with E-state index in [1.165, 1.54) is 18.4 Å². The molecule has 0 aromatic rings. The standard InChI is InChI=1S/C13H23BO2/c1-10(13(6)7-8-13)9-14-15-11(2,3)12(4,5)16-14/h9H,7-8H2,1-6H3/b10-9+. The van der Waals surface area contributed by atoms with Crippen molar-refractivity contribution < 1.29 is 9.31 Å². The first-order chi connectivity index (χ1) is 7.16. The van der Waals surface area contributed by atoms with E-state index in [0.717, 1.165) is 0 Å². The third kappa shape index (κ3) is 1.95. The molecule has 2 fully saturated rings. The first-order valence-electron chi connectivity index (χ1n) is 6.21. The van der Waals surface area contributed by atoms with Crippen LogP contribution in [0.2, 0.25) is 0 Å². The van der Waals surface area contributed by atoms with E-state index in [2.05, 4.69) is 47.5 Å². The lowest BCUT2D eigenvalue weighted by Crippen LogP contribution is -2.41. The zero-order valence-electron chi connectivity index (χ0n) is 11.4. The molecule has 2 rings (SSSR count). The molecule has 0 bridgehead atoms. The minimum Gasteiger partial charge on any atom is -0.400 e. The van der Waals surface area contributed by atoms with E-state index in [1.54, 1.807) is 0 Å². The summed E-state index contributed by atoms with van der Waals surface area (Å²) in [6, 6.07) is 0. The highest BCUT2D eigenvalue weighted by Crippen LogP contribution is 2.51. The Morgan fingerprint density at radius 3 is 1.81 bits per heavy atom. The average Bonchev–Trinajstić information content (AvgIpc) is 2.78. The molecule has 16 heavy (non-hydrogen) atoms. The highest BCUT2D eigenvalue weighted by molar-refractivity contribution is 6.51. The lowest BCUT2D eigenvalue weighted by atomic mass is 9.83. The second-order valence-electron chi connectivity index (χ2n) is 6.54. The van der Waals surface area contributed by atoms with Gasteiger partial charge < -0.3 is 9.31 Å². The summed E-state index contributed by atoms with van der Waals surface area (Å²) < 4.78 is 11.9. The molecular formula is C13H23BO2. The van der Waals surface area contributed by atoms with Crippen molar-refractivity contribution in [1.29, 1.82) is 0 Å². The SMILES string of the molecule is C/C(=C\B1OC(C)(C)C(C)(C)O1)C1(C)CC1. The van der Waals surface area contributed by atoms with Crippen LogP contribution in [0.25, 0.3) is 0 Å². The van der Waals surface area contributed by atoms with Gasteiger partial charge >= 0.3 is 7.12 Å². The number of hydrogen-bond acceptors (Lipinski definition) is 2. The zero-order chi connectivity index (χ0) is 12.2. The van der Waals surface area contributed by atoms with Crippen LogP contribution in [-0.4, -0.2) is 18.3 Å². The van der Waals surface area contributed by atoms with Gasteiger partial charge in [0.15, 0.2) is 0 Å². The summed E-state index contributed by atoms with van der Waals surface area (Å²) >= 11 is 0. The van der Waals surface area contributed by atoms with E-state index in [1.807, 2.05) is 0 Å². The lowest BCUT2D eigenvalue weighted by Gasteiger charge is -2.32. The van der Waals surface area contributed by atoms with Gasteiger partial charge in [-0.05, 0) is 52.9 Å². The third-order valence-corrected chi connectivity index (χ3v) is 4.61. The maximum absolute atomic E-state index is 5.96. The molecule has 0 amide bonds. The highest BCUT2D eigenvalue weighted by atomic mass is 16.7. The normalized spacial score (nSPS) is 30.6. The van der Waals surface area contributed by atoms with Gasteiger partial charge in [0.2, 0.25) is 0 Å². The summed E-state index contributed by atoms with van der Waals surface area (Å²) in [6.07, 6.45) is 2.60. The summed E-state index contributed by atoms with van der Waals surface area (Å²) in [5.41, 5.74) is 1.38. The van der Waals surface area contributed by atoms with Crippen molar-refractivity contribution >= 4 is 7.12 Å². The molecule has 0 unspecified atom stereocenters. The van der Waals surface area contributed by atoms with Crippen molar-refractivity contribution in [3.63, 3.8) is 0 Å². The monoisotopic (exact) mass is 222 g/mol. The van der Waals surface area contributed by atoms with Gasteiger partial charge in [0, 0.05) is 0 Å². The predicted molar refractivity (Wildman–Crippen MR) is 67.2 cm³/mol. The van der Waals surface area contributed by atoms with Crippen molar-refractivity contribution in [2.45, 2.75) is 65.6 Å². The first kappa shape index (κ1) is 12.2. The van der Waals surface area contributed by atoms with Crippen LogP contribution in [0.4, 0.5) is 0 Å². The molecule has 1 aliphatic carbocycles. The van der Waals surface area contributed by atoms with Crippen LogP contribution in [-0.2, 0) is 9.31 Å². The molecule has 2 nitrogen and oxygen atoms in total. The molecule has 90 valence electrons. The molecular weight excluding hydrogens is 199 g/mol. The van der Waals surface area contributed by atoms with Crippen LogP contribution in [0.5, 0.6) is 0 Å². The maximum Gasteiger partial charge on any atom is 0.487 e. The zero-order valence-corrected chi connectivity index (χ0v) is 11.4. The number of rotatable bonds is 2. The van der Waals surface area contributed by atoms with Crippen LogP contribution >= 0.6 is 0 Å². The minimum absolute atomic E-state index is 0.178. The molecule has 1 aliphatic heterocycles. The molecule has 1 saturated carbocycles. The molecule has 1 heterocycles. The maximum atomic E-state index is 5.96. The Morgan fingerprint density at radius 2 is 1.44 bits per heavy atom.